The number of hydrogen-bond acceptors (Lipinski definition) is 5. The summed E-state index contributed by atoms with van der Waals surface area (Å²) in [5.74, 6) is 0.0329. The van der Waals surface area contributed by atoms with Gasteiger partial charge in [0, 0.05) is 47.9 Å². The minimum Gasteiger partial charge on any atom is -0.497 e. The van der Waals surface area contributed by atoms with Gasteiger partial charge in [-0.2, -0.15) is 0 Å². The molecule has 1 aliphatic heterocycles. The van der Waals surface area contributed by atoms with Crippen LogP contribution in [-0.4, -0.2) is 56.2 Å². The van der Waals surface area contributed by atoms with Gasteiger partial charge in [-0.1, -0.05) is 36.4 Å². The molecule has 2 amide bonds. The lowest BCUT2D eigenvalue weighted by Crippen LogP contribution is -2.47. The summed E-state index contributed by atoms with van der Waals surface area (Å²) >= 11 is 0. The first-order chi connectivity index (χ1) is 18.1. The molecule has 0 bridgehead atoms. The van der Waals surface area contributed by atoms with E-state index in [4.69, 9.17) is 14.2 Å². The van der Waals surface area contributed by atoms with Crippen molar-refractivity contribution in [3.05, 3.63) is 89.6 Å². The SMILES string of the molecule is COCCN1C(=O)c2ccccc2[C@H](C(=O)Nc2ccc(OC)cc2OC)[C@H]1c1c[nH]c2ccccc12. The van der Waals surface area contributed by atoms with Crippen molar-refractivity contribution in [3.8, 4) is 11.5 Å². The van der Waals surface area contributed by atoms with E-state index >= 15 is 0 Å². The molecule has 0 spiro atoms. The van der Waals surface area contributed by atoms with E-state index in [9.17, 15) is 9.59 Å². The van der Waals surface area contributed by atoms with Gasteiger partial charge in [-0.05, 0) is 29.8 Å². The number of methoxy groups -OCH3 is 3. The van der Waals surface area contributed by atoms with Crippen molar-refractivity contribution in [2.24, 2.45) is 0 Å². The molecule has 5 rings (SSSR count). The average Bonchev–Trinajstić information content (AvgIpc) is 3.36. The molecule has 0 fully saturated rings. The third-order valence-electron chi connectivity index (χ3n) is 6.86. The number of para-hydroxylation sites is 1. The Hall–Kier alpha value is -4.30. The summed E-state index contributed by atoms with van der Waals surface area (Å²) in [7, 11) is 4.72. The summed E-state index contributed by atoms with van der Waals surface area (Å²) in [5.41, 5.74) is 3.52. The quantitative estimate of drug-likeness (QED) is 0.365. The lowest BCUT2D eigenvalue weighted by atomic mass is 9.79. The van der Waals surface area contributed by atoms with E-state index in [0.29, 0.717) is 41.5 Å². The molecular weight excluding hydrogens is 470 g/mol. The van der Waals surface area contributed by atoms with Crippen molar-refractivity contribution in [2.45, 2.75) is 12.0 Å². The van der Waals surface area contributed by atoms with Gasteiger partial charge in [-0.15, -0.1) is 0 Å². The molecule has 0 radical (unpaired) electrons. The number of aromatic amines is 1. The van der Waals surface area contributed by atoms with Gasteiger partial charge >= 0.3 is 0 Å². The van der Waals surface area contributed by atoms with Crippen LogP contribution in [0.15, 0.2) is 72.9 Å². The zero-order valence-electron chi connectivity index (χ0n) is 21.0. The fourth-order valence-corrected chi connectivity index (χ4v) is 5.11. The Morgan fingerprint density at radius 1 is 0.973 bits per heavy atom. The first-order valence-electron chi connectivity index (χ1n) is 12.0. The normalized spacial score (nSPS) is 16.9. The Labute approximate surface area is 215 Å². The molecule has 190 valence electrons. The number of carbonyl (C=O) groups is 2. The molecule has 0 unspecified atom stereocenters. The number of anilines is 1. The summed E-state index contributed by atoms with van der Waals surface area (Å²) in [6.45, 7) is 0.677. The van der Waals surface area contributed by atoms with Crippen molar-refractivity contribution in [2.75, 3.05) is 39.8 Å². The molecule has 3 aromatic carbocycles. The van der Waals surface area contributed by atoms with E-state index in [0.717, 1.165) is 16.5 Å². The molecule has 8 nitrogen and oxygen atoms in total. The molecule has 0 saturated heterocycles. The molecule has 37 heavy (non-hydrogen) atoms. The van der Waals surface area contributed by atoms with E-state index in [1.807, 2.05) is 48.7 Å². The third-order valence-corrected chi connectivity index (χ3v) is 6.86. The van der Waals surface area contributed by atoms with Crippen LogP contribution in [0.2, 0.25) is 0 Å². The topological polar surface area (TPSA) is 92.9 Å². The largest absolute Gasteiger partial charge is 0.497 e. The number of fused-ring (bicyclic) bond motifs is 2. The maximum absolute atomic E-state index is 14.1. The second-order valence-corrected chi connectivity index (χ2v) is 8.85. The van der Waals surface area contributed by atoms with E-state index in [1.165, 1.54) is 0 Å². The van der Waals surface area contributed by atoms with Gasteiger partial charge in [0.05, 0.1) is 38.5 Å². The molecule has 1 aliphatic rings. The maximum Gasteiger partial charge on any atom is 0.254 e. The lowest BCUT2D eigenvalue weighted by Gasteiger charge is -2.41. The predicted molar refractivity (Wildman–Crippen MR) is 141 cm³/mol. The van der Waals surface area contributed by atoms with Gasteiger partial charge in [0.1, 0.15) is 11.5 Å². The first kappa shape index (κ1) is 24.4. The van der Waals surface area contributed by atoms with E-state index < -0.39 is 12.0 Å². The van der Waals surface area contributed by atoms with Crippen molar-refractivity contribution in [3.63, 3.8) is 0 Å². The highest BCUT2D eigenvalue weighted by molar-refractivity contribution is 6.05. The van der Waals surface area contributed by atoms with Gasteiger partial charge in [0.2, 0.25) is 5.91 Å². The highest BCUT2D eigenvalue weighted by Gasteiger charge is 2.45. The smallest absolute Gasteiger partial charge is 0.254 e. The van der Waals surface area contributed by atoms with Crippen LogP contribution in [0.25, 0.3) is 10.9 Å². The molecular formula is C29H29N3O5. The number of hydrogen-bond donors (Lipinski definition) is 2. The Bertz CT molecular complexity index is 1450. The van der Waals surface area contributed by atoms with Crippen LogP contribution in [0.3, 0.4) is 0 Å². The maximum atomic E-state index is 14.1. The summed E-state index contributed by atoms with van der Waals surface area (Å²) in [6.07, 6.45) is 1.89. The zero-order valence-corrected chi connectivity index (χ0v) is 21.0. The van der Waals surface area contributed by atoms with Crippen LogP contribution < -0.4 is 14.8 Å². The van der Waals surface area contributed by atoms with Crippen LogP contribution in [0.4, 0.5) is 5.69 Å². The monoisotopic (exact) mass is 499 g/mol. The highest BCUT2D eigenvalue weighted by Crippen LogP contribution is 2.45. The number of rotatable bonds is 8. The molecule has 2 heterocycles. The minimum absolute atomic E-state index is 0.131. The number of amides is 2. The summed E-state index contributed by atoms with van der Waals surface area (Å²) in [6, 6.07) is 19.9. The van der Waals surface area contributed by atoms with Crippen LogP contribution in [0.1, 0.15) is 33.4 Å². The number of aromatic nitrogens is 1. The van der Waals surface area contributed by atoms with Crippen LogP contribution in [0.5, 0.6) is 11.5 Å². The van der Waals surface area contributed by atoms with Crippen LogP contribution in [0, 0.1) is 0 Å². The summed E-state index contributed by atoms with van der Waals surface area (Å²) in [5, 5.41) is 4.02. The number of H-pyrrole nitrogens is 1. The third kappa shape index (κ3) is 4.40. The Kier molecular flexibility index (Phi) is 6.83. The van der Waals surface area contributed by atoms with Crippen molar-refractivity contribution in [1.29, 1.82) is 0 Å². The van der Waals surface area contributed by atoms with Crippen molar-refractivity contribution < 1.29 is 23.8 Å². The van der Waals surface area contributed by atoms with Gasteiger partial charge in [-0.25, -0.2) is 0 Å². The van der Waals surface area contributed by atoms with Crippen molar-refractivity contribution >= 4 is 28.4 Å². The predicted octanol–water partition coefficient (Wildman–Crippen LogP) is 4.75. The number of nitrogens with one attached hydrogen (secondary N) is 2. The Morgan fingerprint density at radius 2 is 1.76 bits per heavy atom. The standard InChI is InChI=1S/C29H29N3O5/c1-35-15-14-32-27(22-17-30-23-11-7-6-8-19(22)23)26(20-9-4-5-10-21(20)29(32)34)28(33)31-24-13-12-18(36-2)16-25(24)37-3/h4-13,16-17,26-27,30H,14-15H2,1-3H3,(H,31,33)/t26-,27+/m0/s1. The number of benzene rings is 3. The second kappa shape index (κ2) is 10.4. The summed E-state index contributed by atoms with van der Waals surface area (Å²) in [4.78, 5) is 33.0. The molecule has 0 aliphatic carbocycles. The molecule has 8 heteroatoms. The molecule has 2 atom stereocenters. The minimum atomic E-state index is -0.684. The molecule has 1 aromatic heterocycles. The van der Waals surface area contributed by atoms with Gasteiger partial charge in [0.15, 0.2) is 0 Å². The van der Waals surface area contributed by atoms with Gasteiger partial charge in [0.25, 0.3) is 5.91 Å². The van der Waals surface area contributed by atoms with E-state index in [2.05, 4.69) is 10.3 Å². The number of nitrogens with zero attached hydrogens (tertiary/aromatic N) is 1. The number of ether oxygens (including phenoxy) is 3. The van der Waals surface area contributed by atoms with Gasteiger partial charge < -0.3 is 29.4 Å². The molecule has 2 N–H and O–H groups in total. The number of carbonyl (C=O) groups excluding carboxylic acids is 2. The fraction of sp³-hybridized carbons (Fsp3) is 0.241. The lowest BCUT2D eigenvalue weighted by molar-refractivity contribution is -0.119. The zero-order chi connectivity index (χ0) is 25.9. The van der Waals surface area contributed by atoms with E-state index in [-0.39, 0.29) is 11.8 Å². The van der Waals surface area contributed by atoms with Crippen molar-refractivity contribution in [1.82, 2.24) is 9.88 Å². The average molecular weight is 500 g/mol. The molecule has 0 saturated carbocycles. The van der Waals surface area contributed by atoms with Crippen LogP contribution in [-0.2, 0) is 9.53 Å². The highest BCUT2D eigenvalue weighted by atomic mass is 16.5. The summed E-state index contributed by atoms with van der Waals surface area (Å²) < 4.78 is 16.2. The fourth-order valence-electron chi connectivity index (χ4n) is 5.11. The molecule has 4 aromatic rings. The Morgan fingerprint density at radius 3 is 2.54 bits per heavy atom. The first-order valence-corrected chi connectivity index (χ1v) is 12.0. The van der Waals surface area contributed by atoms with Crippen LogP contribution >= 0.6 is 0 Å². The second-order valence-electron chi connectivity index (χ2n) is 8.85. The van der Waals surface area contributed by atoms with E-state index in [1.54, 1.807) is 50.5 Å². The Balaban J connectivity index is 1.65. The van der Waals surface area contributed by atoms with Gasteiger partial charge in [-0.3, -0.25) is 9.59 Å².